The van der Waals surface area contributed by atoms with Crippen LogP contribution in [0.25, 0.3) is 10.9 Å². The number of carbonyl (C=O) groups is 1. The number of hydrogen-bond acceptors (Lipinski definition) is 4. The summed E-state index contributed by atoms with van der Waals surface area (Å²) in [4.78, 5) is 32.0. The zero-order valence-corrected chi connectivity index (χ0v) is 14.4. The summed E-state index contributed by atoms with van der Waals surface area (Å²) < 4.78 is 0. The van der Waals surface area contributed by atoms with Gasteiger partial charge in [0.15, 0.2) is 0 Å². The van der Waals surface area contributed by atoms with E-state index in [9.17, 15) is 14.7 Å². The van der Waals surface area contributed by atoms with Crippen molar-refractivity contribution in [3.05, 3.63) is 46.2 Å². The Kier molecular flexibility index (Phi) is 3.89. The third kappa shape index (κ3) is 2.65. The molecule has 2 N–H and O–H groups in total. The lowest BCUT2D eigenvalue weighted by Crippen LogP contribution is -2.47. The van der Waals surface area contributed by atoms with Gasteiger partial charge in [0.2, 0.25) is 5.56 Å². The van der Waals surface area contributed by atoms with Crippen LogP contribution in [0, 0.1) is 11.3 Å². The van der Waals surface area contributed by atoms with Crippen molar-refractivity contribution in [1.29, 1.82) is 0 Å². The van der Waals surface area contributed by atoms with Crippen LogP contribution in [-0.4, -0.2) is 65.6 Å². The minimum Gasteiger partial charge on any atom is -0.396 e. The summed E-state index contributed by atoms with van der Waals surface area (Å²) >= 11 is 0. The van der Waals surface area contributed by atoms with E-state index in [0.29, 0.717) is 24.2 Å². The van der Waals surface area contributed by atoms with Crippen LogP contribution < -0.4 is 5.56 Å². The van der Waals surface area contributed by atoms with Crippen molar-refractivity contribution in [1.82, 2.24) is 14.8 Å². The number of aromatic nitrogens is 1. The van der Waals surface area contributed by atoms with Gasteiger partial charge in [-0.15, -0.1) is 0 Å². The smallest absolute Gasteiger partial charge is 0.254 e. The molecule has 1 aromatic carbocycles. The van der Waals surface area contributed by atoms with Crippen LogP contribution in [-0.2, 0) is 0 Å². The maximum absolute atomic E-state index is 13.2. The number of amides is 1. The van der Waals surface area contributed by atoms with Crippen LogP contribution >= 0.6 is 0 Å². The molecule has 2 aliphatic rings. The number of aromatic amines is 1. The molecule has 25 heavy (non-hydrogen) atoms. The SMILES string of the molecule is CN1CC[C@@]2(CO)CN(C(=O)c3cc(=O)[nH]c4ccccc34)C[C@H]2C1. The molecule has 132 valence electrons. The molecule has 0 unspecified atom stereocenters. The maximum Gasteiger partial charge on any atom is 0.254 e. The summed E-state index contributed by atoms with van der Waals surface area (Å²) in [6, 6.07) is 8.77. The van der Waals surface area contributed by atoms with E-state index in [-0.39, 0.29) is 29.4 Å². The molecule has 1 aromatic heterocycles. The van der Waals surface area contributed by atoms with E-state index in [1.54, 1.807) is 6.07 Å². The molecule has 0 aliphatic carbocycles. The first-order valence-electron chi connectivity index (χ1n) is 8.73. The van der Waals surface area contributed by atoms with Gasteiger partial charge in [-0.2, -0.15) is 0 Å². The second kappa shape index (κ2) is 5.97. The number of nitrogens with one attached hydrogen (secondary N) is 1. The number of aliphatic hydroxyl groups excluding tert-OH is 1. The number of rotatable bonds is 2. The fourth-order valence-corrected chi connectivity index (χ4v) is 4.41. The number of benzene rings is 1. The Morgan fingerprint density at radius 3 is 2.96 bits per heavy atom. The molecule has 0 radical (unpaired) electrons. The van der Waals surface area contributed by atoms with Gasteiger partial charge in [-0.3, -0.25) is 9.59 Å². The van der Waals surface area contributed by atoms with Crippen LogP contribution in [0.3, 0.4) is 0 Å². The van der Waals surface area contributed by atoms with Gasteiger partial charge in [0.25, 0.3) is 5.91 Å². The number of piperidine rings is 1. The summed E-state index contributed by atoms with van der Waals surface area (Å²) in [6.45, 7) is 3.12. The van der Waals surface area contributed by atoms with E-state index >= 15 is 0 Å². The van der Waals surface area contributed by atoms with E-state index in [4.69, 9.17) is 0 Å². The lowest BCUT2D eigenvalue weighted by molar-refractivity contribution is 0.0277. The standard InChI is InChI=1S/C19H23N3O3/c1-21-7-6-19(12-23)11-22(10-13(19)9-21)18(25)15-8-17(24)20-16-5-3-2-4-14(15)16/h2-5,8,13,23H,6-7,9-12H2,1H3,(H,20,24)/t13-,19+/m1/s1. The highest BCUT2D eigenvalue weighted by molar-refractivity contribution is 6.06. The van der Waals surface area contributed by atoms with Gasteiger partial charge in [-0.05, 0) is 32.0 Å². The van der Waals surface area contributed by atoms with E-state index in [0.717, 1.165) is 24.9 Å². The van der Waals surface area contributed by atoms with E-state index in [2.05, 4.69) is 16.9 Å². The van der Waals surface area contributed by atoms with Gasteiger partial charge in [0.05, 0.1) is 12.2 Å². The van der Waals surface area contributed by atoms with Crippen molar-refractivity contribution in [3.63, 3.8) is 0 Å². The molecule has 6 nitrogen and oxygen atoms in total. The molecule has 2 fully saturated rings. The number of nitrogens with zero attached hydrogens (tertiary/aromatic N) is 2. The van der Waals surface area contributed by atoms with Crippen molar-refractivity contribution in [3.8, 4) is 0 Å². The van der Waals surface area contributed by atoms with Crippen molar-refractivity contribution in [2.45, 2.75) is 6.42 Å². The van der Waals surface area contributed by atoms with Crippen LogP contribution in [0.15, 0.2) is 35.1 Å². The second-order valence-corrected chi connectivity index (χ2v) is 7.51. The normalized spacial score (nSPS) is 26.8. The van der Waals surface area contributed by atoms with E-state index in [1.165, 1.54) is 6.07 Å². The lowest BCUT2D eigenvalue weighted by Gasteiger charge is -2.40. The average molecular weight is 341 g/mol. The van der Waals surface area contributed by atoms with Crippen molar-refractivity contribution < 1.29 is 9.90 Å². The zero-order chi connectivity index (χ0) is 17.6. The number of likely N-dealkylation sites (tertiary alicyclic amines) is 2. The molecule has 2 atom stereocenters. The molecule has 0 spiro atoms. The molecular formula is C19H23N3O3. The van der Waals surface area contributed by atoms with Gasteiger partial charge in [-0.25, -0.2) is 0 Å². The zero-order valence-electron chi connectivity index (χ0n) is 14.4. The average Bonchev–Trinajstić information content (AvgIpc) is 2.99. The highest BCUT2D eigenvalue weighted by Crippen LogP contribution is 2.42. The monoisotopic (exact) mass is 341 g/mol. The van der Waals surface area contributed by atoms with Gasteiger partial charge in [-0.1, -0.05) is 18.2 Å². The van der Waals surface area contributed by atoms with Gasteiger partial charge in [0, 0.05) is 42.0 Å². The third-order valence-electron chi connectivity index (χ3n) is 5.92. The quantitative estimate of drug-likeness (QED) is 0.851. The fourth-order valence-electron chi connectivity index (χ4n) is 4.41. The lowest BCUT2D eigenvalue weighted by atomic mass is 9.73. The van der Waals surface area contributed by atoms with Gasteiger partial charge >= 0.3 is 0 Å². The maximum atomic E-state index is 13.2. The summed E-state index contributed by atoms with van der Waals surface area (Å²) in [6.07, 6.45) is 0.893. The number of fused-ring (bicyclic) bond motifs is 2. The van der Waals surface area contributed by atoms with E-state index < -0.39 is 0 Å². The Bertz CT molecular complexity index is 878. The number of para-hydroxylation sites is 1. The van der Waals surface area contributed by atoms with Crippen LogP contribution in [0.1, 0.15) is 16.8 Å². The van der Waals surface area contributed by atoms with Gasteiger partial charge in [0.1, 0.15) is 0 Å². The number of H-pyrrole nitrogens is 1. The number of carbonyl (C=O) groups excluding carboxylic acids is 1. The molecule has 2 saturated heterocycles. The van der Waals surface area contributed by atoms with Crippen LogP contribution in [0.5, 0.6) is 0 Å². The molecular weight excluding hydrogens is 318 g/mol. The topological polar surface area (TPSA) is 76.6 Å². The summed E-state index contributed by atoms with van der Waals surface area (Å²) in [7, 11) is 2.08. The molecule has 2 aliphatic heterocycles. The third-order valence-corrected chi connectivity index (χ3v) is 5.92. The predicted molar refractivity (Wildman–Crippen MR) is 95.6 cm³/mol. The number of pyridine rings is 1. The highest BCUT2D eigenvalue weighted by Gasteiger charge is 2.49. The Hall–Kier alpha value is -2.18. The molecule has 3 heterocycles. The molecule has 4 rings (SSSR count). The Balaban J connectivity index is 1.70. The minimum absolute atomic E-state index is 0.103. The van der Waals surface area contributed by atoms with Crippen LogP contribution in [0.2, 0.25) is 0 Å². The molecule has 0 bridgehead atoms. The Morgan fingerprint density at radius 1 is 1.36 bits per heavy atom. The summed E-state index contributed by atoms with van der Waals surface area (Å²) in [5.41, 5.74) is 0.639. The van der Waals surface area contributed by atoms with Crippen LogP contribution in [0.4, 0.5) is 0 Å². The summed E-state index contributed by atoms with van der Waals surface area (Å²) in [5, 5.41) is 10.8. The Morgan fingerprint density at radius 2 is 2.16 bits per heavy atom. The van der Waals surface area contributed by atoms with Crippen molar-refractivity contribution in [2.24, 2.45) is 11.3 Å². The van der Waals surface area contributed by atoms with E-state index in [1.807, 2.05) is 23.1 Å². The fraction of sp³-hybridized carbons (Fsp3) is 0.474. The van der Waals surface area contributed by atoms with Crippen molar-refractivity contribution in [2.75, 3.05) is 39.8 Å². The first-order valence-corrected chi connectivity index (χ1v) is 8.73. The largest absolute Gasteiger partial charge is 0.396 e. The summed E-state index contributed by atoms with van der Waals surface area (Å²) in [5.74, 6) is 0.153. The molecule has 0 saturated carbocycles. The predicted octanol–water partition coefficient (Wildman–Crippen LogP) is 0.914. The second-order valence-electron chi connectivity index (χ2n) is 7.51. The van der Waals surface area contributed by atoms with Gasteiger partial charge < -0.3 is 19.9 Å². The number of hydrogen-bond donors (Lipinski definition) is 2. The first kappa shape index (κ1) is 16.3. The molecule has 1 amide bonds. The highest BCUT2D eigenvalue weighted by atomic mass is 16.3. The minimum atomic E-state index is -0.268. The van der Waals surface area contributed by atoms with Crippen molar-refractivity contribution >= 4 is 16.8 Å². The number of aliphatic hydroxyl groups is 1. The first-order chi connectivity index (χ1) is 12.0. The molecule has 2 aromatic rings. The Labute approximate surface area is 146 Å². The molecule has 6 heteroatoms.